The highest BCUT2D eigenvalue weighted by molar-refractivity contribution is 7.80. The van der Waals surface area contributed by atoms with Gasteiger partial charge in [0.1, 0.15) is 24.2 Å². The van der Waals surface area contributed by atoms with Crippen molar-refractivity contribution in [2.45, 2.75) is 83.6 Å². The minimum atomic E-state index is -1.18. The van der Waals surface area contributed by atoms with Crippen molar-refractivity contribution >= 4 is 42.2 Å². The van der Waals surface area contributed by atoms with Crippen molar-refractivity contribution in [2.75, 3.05) is 5.75 Å². The summed E-state index contributed by atoms with van der Waals surface area (Å²) in [6.07, 6.45) is 1.20. The summed E-state index contributed by atoms with van der Waals surface area (Å²) in [5, 5.41) is 20.2. The number of carbonyl (C=O) groups is 5. The first-order valence-electron chi connectivity index (χ1n) is 15.2. The van der Waals surface area contributed by atoms with E-state index in [1.54, 1.807) is 31.2 Å². The van der Waals surface area contributed by atoms with Crippen LogP contribution in [0.3, 0.4) is 0 Å². The molecule has 0 heterocycles. The number of carboxylic acid groups (broad SMARTS) is 1. The molecule has 0 radical (unpaired) electrons. The van der Waals surface area contributed by atoms with Crippen LogP contribution in [-0.4, -0.2) is 70.7 Å². The van der Waals surface area contributed by atoms with Crippen LogP contribution >= 0.6 is 12.6 Å². The first kappa shape index (κ1) is 37.3. The minimum Gasteiger partial charge on any atom is -0.480 e. The van der Waals surface area contributed by atoms with E-state index in [0.29, 0.717) is 12.8 Å². The Morgan fingerprint density at radius 1 is 0.711 bits per heavy atom. The smallest absolute Gasteiger partial charge is 0.326 e. The minimum absolute atomic E-state index is 0.0257. The van der Waals surface area contributed by atoms with Gasteiger partial charge < -0.3 is 32.1 Å². The second kappa shape index (κ2) is 18.8. The molecule has 0 saturated carbocycles. The van der Waals surface area contributed by atoms with Gasteiger partial charge in [-0.15, -0.1) is 0 Å². The van der Waals surface area contributed by atoms with Gasteiger partial charge in [-0.05, 0) is 35.8 Å². The zero-order valence-corrected chi connectivity index (χ0v) is 27.3. The number of hydrogen-bond donors (Lipinski definition) is 7. The molecule has 0 bridgehead atoms. The molecule has 0 aromatic heterocycles. The molecular formula is C33H47N5O6S. The fraction of sp³-hybridized carbons (Fsp3) is 0.485. The Morgan fingerprint density at radius 3 is 1.67 bits per heavy atom. The first-order chi connectivity index (χ1) is 21.4. The average molecular weight is 642 g/mol. The summed E-state index contributed by atoms with van der Waals surface area (Å²) >= 11 is 4.21. The number of carboxylic acids is 1. The third-order valence-electron chi connectivity index (χ3n) is 7.48. The van der Waals surface area contributed by atoms with E-state index < -0.39 is 59.8 Å². The largest absolute Gasteiger partial charge is 0.480 e. The maximum atomic E-state index is 13.6. The summed E-state index contributed by atoms with van der Waals surface area (Å²) < 4.78 is 0. The Balaban J connectivity index is 2.23. The average Bonchev–Trinajstić information content (AvgIpc) is 3.01. The Hall–Kier alpha value is -3.90. The van der Waals surface area contributed by atoms with Gasteiger partial charge in [0.25, 0.3) is 0 Å². The van der Waals surface area contributed by atoms with Gasteiger partial charge in [-0.25, -0.2) is 4.79 Å². The summed E-state index contributed by atoms with van der Waals surface area (Å²) in [5.41, 5.74) is 7.80. The van der Waals surface area contributed by atoms with Gasteiger partial charge in [0, 0.05) is 12.2 Å². The molecule has 11 nitrogen and oxygen atoms in total. The van der Waals surface area contributed by atoms with Crippen LogP contribution in [0, 0.1) is 11.8 Å². The lowest BCUT2D eigenvalue weighted by Gasteiger charge is -2.27. The topological polar surface area (TPSA) is 180 Å². The molecule has 0 unspecified atom stereocenters. The highest BCUT2D eigenvalue weighted by Gasteiger charge is 2.33. The van der Waals surface area contributed by atoms with Gasteiger partial charge in [-0.3, -0.25) is 19.2 Å². The number of carbonyl (C=O) groups excluding carboxylic acids is 4. The molecule has 4 amide bonds. The zero-order chi connectivity index (χ0) is 33.5. The van der Waals surface area contributed by atoms with E-state index in [1.165, 1.54) is 0 Å². The molecule has 12 heteroatoms. The molecule has 0 saturated heterocycles. The zero-order valence-electron chi connectivity index (χ0n) is 26.4. The van der Waals surface area contributed by atoms with Gasteiger partial charge in [0.05, 0.1) is 6.04 Å². The van der Waals surface area contributed by atoms with E-state index in [-0.39, 0.29) is 30.4 Å². The normalized spacial score (nSPS) is 15.1. The van der Waals surface area contributed by atoms with Gasteiger partial charge in [0.2, 0.25) is 23.6 Å². The second-order valence-corrected chi connectivity index (χ2v) is 12.1. The monoisotopic (exact) mass is 641 g/mol. The number of hydrogen-bond acceptors (Lipinski definition) is 7. The second-order valence-electron chi connectivity index (χ2n) is 11.7. The Morgan fingerprint density at radius 2 is 1.18 bits per heavy atom. The van der Waals surface area contributed by atoms with Gasteiger partial charge in [-0.1, -0.05) is 94.8 Å². The van der Waals surface area contributed by atoms with Crippen LogP contribution in [0.5, 0.6) is 0 Å². The lowest BCUT2D eigenvalue weighted by atomic mass is 9.99. The Bertz CT molecular complexity index is 1260. The highest BCUT2D eigenvalue weighted by atomic mass is 32.1. The predicted octanol–water partition coefficient (Wildman–Crippen LogP) is 1.84. The molecule has 0 aliphatic heterocycles. The van der Waals surface area contributed by atoms with Crippen molar-refractivity contribution < 1.29 is 29.1 Å². The van der Waals surface area contributed by atoms with Crippen molar-refractivity contribution in [3.8, 4) is 0 Å². The standard InChI is InChI=1S/C33H47N5O6S/c1-5-21(4)28(33(43)44)38-32(42)27(19-45)37-31(41)26(18-23-14-10-7-11-15-23)36-30(40)25(16-20(2)3)35-29(39)24(34)17-22-12-8-6-9-13-22/h6-15,20-21,24-28,45H,5,16-19,34H2,1-4H3,(H,35,39)(H,36,40)(H,37,41)(H,38,42)(H,43,44)/t21-,24-,25-,26-,27-,28-/m0/s1. The molecule has 0 spiro atoms. The quantitative estimate of drug-likeness (QED) is 0.121. The molecule has 2 rings (SSSR count). The maximum Gasteiger partial charge on any atom is 0.326 e. The van der Waals surface area contributed by atoms with E-state index in [9.17, 15) is 29.1 Å². The Labute approximate surface area is 270 Å². The van der Waals surface area contributed by atoms with E-state index in [2.05, 4.69) is 33.9 Å². The number of benzene rings is 2. The third kappa shape index (κ3) is 12.6. The van der Waals surface area contributed by atoms with Crippen molar-refractivity contribution in [3.63, 3.8) is 0 Å². The van der Waals surface area contributed by atoms with Crippen LogP contribution in [0.4, 0.5) is 0 Å². The lowest BCUT2D eigenvalue weighted by Crippen LogP contribution is -2.59. The van der Waals surface area contributed by atoms with Crippen LogP contribution in [0.15, 0.2) is 60.7 Å². The number of nitrogens with two attached hydrogens (primary N) is 1. The fourth-order valence-corrected chi connectivity index (χ4v) is 4.93. The van der Waals surface area contributed by atoms with Crippen molar-refractivity contribution in [2.24, 2.45) is 17.6 Å². The van der Waals surface area contributed by atoms with Gasteiger partial charge >= 0.3 is 5.97 Å². The predicted molar refractivity (Wildman–Crippen MR) is 176 cm³/mol. The molecule has 6 atom stereocenters. The fourth-order valence-electron chi connectivity index (χ4n) is 4.68. The van der Waals surface area contributed by atoms with E-state index in [0.717, 1.165) is 11.1 Å². The van der Waals surface area contributed by atoms with Crippen molar-refractivity contribution in [3.05, 3.63) is 71.8 Å². The van der Waals surface area contributed by atoms with E-state index in [1.807, 2.05) is 57.2 Å². The molecule has 45 heavy (non-hydrogen) atoms. The van der Waals surface area contributed by atoms with Crippen LogP contribution < -0.4 is 27.0 Å². The lowest BCUT2D eigenvalue weighted by molar-refractivity contribution is -0.143. The number of rotatable bonds is 18. The van der Waals surface area contributed by atoms with Crippen LogP contribution in [0.2, 0.25) is 0 Å². The maximum absolute atomic E-state index is 13.6. The molecule has 0 aliphatic rings. The SMILES string of the molecule is CC[C@H](C)[C@H](NC(=O)[C@H](CS)NC(=O)[C@H](Cc1ccccc1)NC(=O)[C@H](CC(C)C)NC(=O)[C@@H](N)Cc1ccccc1)C(=O)O. The van der Waals surface area contributed by atoms with Crippen molar-refractivity contribution in [1.29, 1.82) is 0 Å². The highest BCUT2D eigenvalue weighted by Crippen LogP contribution is 2.11. The van der Waals surface area contributed by atoms with Crippen LogP contribution in [-0.2, 0) is 36.8 Å². The van der Waals surface area contributed by atoms with E-state index >= 15 is 0 Å². The van der Waals surface area contributed by atoms with Gasteiger partial charge in [0.15, 0.2) is 0 Å². The van der Waals surface area contributed by atoms with Crippen LogP contribution in [0.25, 0.3) is 0 Å². The number of amides is 4. The molecule has 246 valence electrons. The summed E-state index contributed by atoms with van der Waals surface area (Å²) in [7, 11) is 0. The van der Waals surface area contributed by atoms with Crippen molar-refractivity contribution in [1.82, 2.24) is 21.3 Å². The molecule has 0 fully saturated rings. The molecule has 2 aromatic carbocycles. The molecule has 0 aliphatic carbocycles. The van der Waals surface area contributed by atoms with Crippen LogP contribution in [0.1, 0.15) is 51.7 Å². The third-order valence-corrected chi connectivity index (χ3v) is 7.85. The van der Waals surface area contributed by atoms with Gasteiger partial charge in [-0.2, -0.15) is 12.6 Å². The molecular weight excluding hydrogens is 594 g/mol. The number of aliphatic carboxylic acids is 1. The first-order valence-corrected chi connectivity index (χ1v) is 15.9. The summed E-state index contributed by atoms with van der Waals surface area (Å²) in [6, 6.07) is 13.0. The summed E-state index contributed by atoms with van der Waals surface area (Å²) in [5.74, 6) is -4.04. The number of nitrogens with one attached hydrogen (secondary N) is 4. The number of thiol groups is 1. The summed E-state index contributed by atoms with van der Waals surface area (Å²) in [6.45, 7) is 7.33. The molecule has 7 N–H and O–H groups in total. The Kier molecular flexibility index (Phi) is 15.6. The van der Waals surface area contributed by atoms with E-state index in [4.69, 9.17) is 5.73 Å². The summed E-state index contributed by atoms with van der Waals surface area (Å²) in [4.78, 5) is 65.0. The molecule has 2 aromatic rings.